The molecule has 1 fully saturated rings. The monoisotopic (exact) mass is 229 g/mol. The van der Waals surface area contributed by atoms with Gasteiger partial charge in [0.1, 0.15) is 6.61 Å². The van der Waals surface area contributed by atoms with E-state index in [1.54, 1.807) is 7.11 Å². The Morgan fingerprint density at radius 2 is 2.31 bits per heavy atom. The first-order valence-electron chi connectivity index (χ1n) is 6.09. The summed E-state index contributed by atoms with van der Waals surface area (Å²) in [5, 5.41) is 3.37. The Kier molecular flexibility index (Phi) is 6.42. The summed E-state index contributed by atoms with van der Waals surface area (Å²) in [6, 6.07) is 0. The normalized spacial score (nSPS) is 22.8. The van der Waals surface area contributed by atoms with Gasteiger partial charge in [-0.1, -0.05) is 6.92 Å². The summed E-state index contributed by atoms with van der Waals surface area (Å²) in [7, 11) is 1.60. The van der Waals surface area contributed by atoms with E-state index in [1.807, 2.05) is 0 Å². The van der Waals surface area contributed by atoms with Crippen molar-refractivity contribution in [2.24, 2.45) is 11.8 Å². The minimum atomic E-state index is -0.102. The standard InChI is InChI=1S/C12H23NO3/c1-10(11-4-3-5-13-9-11)8-12(14)16-7-6-15-2/h10-11,13H,3-9H2,1-2H3. The second-order valence-electron chi connectivity index (χ2n) is 4.50. The molecule has 4 nitrogen and oxygen atoms in total. The van der Waals surface area contributed by atoms with Gasteiger partial charge in [0.25, 0.3) is 0 Å². The number of carbonyl (C=O) groups is 1. The summed E-state index contributed by atoms with van der Waals surface area (Å²) in [6.45, 7) is 5.12. The third-order valence-electron chi connectivity index (χ3n) is 3.18. The molecule has 0 aromatic heterocycles. The fourth-order valence-corrected chi connectivity index (χ4v) is 2.09. The zero-order valence-electron chi connectivity index (χ0n) is 10.3. The topological polar surface area (TPSA) is 47.6 Å². The van der Waals surface area contributed by atoms with Gasteiger partial charge in [0, 0.05) is 13.5 Å². The molecule has 1 N–H and O–H groups in total. The number of hydrogen-bond acceptors (Lipinski definition) is 4. The van der Waals surface area contributed by atoms with E-state index in [2.05, 4.69) is 12.2 Å². The van der Waals surface area contributed by atoms with E-state index in [9.17, 15) is 4.79 Å². The molecule has 16 heavy (non-hydrogen) atoms. The highest BCUT2D eigenvalue weighted by Gasteiger charge is 2.22. The van der Waals surface area contributed by atoms with Gasteiger partial charge in [0.15, 0.2) is 0 Å². The Labute approximate surface area is 97.7 Å². The maximum absolute atomic E-state index is 11.5. The highest BCUT2D eigenvalue weighted by Crippen LogP contribution is 2.22. The molecule has 0 bridgehead atoms. The van der Waals surface area contributed by atoms with Gasteiger partial charge in [-0.25, -0.2) is 0 Å². The van der Waals surface area contributed by atoms with Crippen molar-refractivity contribution in [3.05, 3.63) is 0 Å². The molecule has 0 saturated carbocycles. The average Bonchev–Trinajstić information content (AvgIpc) is 2.30. The third kappa shape index (κ3) is 4.94. The van der Waals surface area contributed by atoms with Crippen LogP contribution in [-0.4, -0.2) is 39.4 Å². The molecule has 4 heteroatoms. The number of nitrogens with one attached hydrogen (secondary N) is 1. The van der Waals surface area contributed by atoms with E-state index in [1.165, 1.54) is 12.8 Å². The van der Waals surface area contributed by atoms with E-state index < -0.39 is 0 Å². The van der Waals surface area contributed by atoms with Gasteiger partial charge in [-0.2, -0.15) is 0 Å². The highest BCUT2D eigenvalue weighted by atomic mass is 16.6. The van der Waals surface area contributed by atoms with Gasteiger partial charge in [0.2, 0.25) is 0 Å². The number of hydrogen-bond donors (Lipinski definition) is 1. The van der Waals surface area contributed by atoms with Crippen LogP contribution in [0.4, 0.5) is 0 Å². The molecular formula is C12H23NO3. The van der Waals surface area contributed by atoms with Crippen molar-refractivity contribution < 1.29 is 14.3 Å². The van der Waals surface area contributed by atoms with Gasteiger partial charge < -0.3 is 14.8 Å². The number of methoxy groups -OCH3 is 1. The molecule has 1 saturated heterocycles. The van der Waals surface area contributed by atoms with Crippen LogP contribution in [-0.2, 0) is 14.3 Å². The van der Waals surface area contributed by atoms with Crippen LogP contribution in [0.3, 0.4) is 0 Å². The lowest BCUT2D eigenvalue weighted by Gasteiger charge is -2.27. The van der Waals surface area contributed by atoms with E-state index >= 15 is 0 Å². The van der Waals surface area contributed by atoms with Gasteiger partial charge in [-0.05, 0) is 37.8 Å². The Hall–Kier alpha value is -0.610. The fraction of sp³-hybridized carbons (Fsp3) is 0.917. The summed E-state index contributed by atoms with van der Waals surface area (Å²) < 4.78 is 9.89. The first kappa shape index (κ1) is 13.5. The minimum Gasteiger partial charge on any atom is -0.463 e. The third-order valence-corrected chi connectivity index (χ3v) is 3.18. The molecule has 0 amide bonds. The smallest absolute Gasteiger partial charge is 0.306 e. The van der Waals surface area contributed by atoms with Crippen LogP contribution in [0.25, 0.3) is 0 Å². The number of piperidine rings is 1. The van der Waals surface area contributed by atoms with Crippen LogP contribution in [0.5, 0.6) is 0 Å². The van der Waals surface area contributed by atoms with Crippen LogP contribution in [0.15, 0.2) is 0 Å². The number of esters is 1. The van der Waals surface area contributed by atoms with Crippen LogP contribution in [0, 0.1) is 11.8 Å². The number of carbonyl (C=O) groups excluding carboxylic acids is 1. The van der Waals surface area contributed by atoms with Gasteiger partial charge in [-0.3, -0.25) is 4.79 Å². The predicted octanol–water partition coefficient (Wildman–Crippen LogP) is 1.20. The molecule has 0 spiro atoms. The lowest BCUT2D eigenvalue weighted by atomic mass is 9.85. The minimum absolute atomic E-state index is 0.102. The fourth-order valence-electron chi connectivity index (χ4n) is 2.09. The number of rotatable bonds is 6. The second kappa shape index (κ2) is 7.63. The van der Waals surface area contributed by atoms with E-state index in [0.29, 0.717) is 31.5 Å². The van der Waals surface area contributed by atoms with Crippen molar-refractivity contribution in [3.8, 4) is 0 Å². The molecule has 1 aliphatic heterocycles. The molecule has 94 valence electrons. The van der Waals surface area contributed by atoms with Crippen LogP contribution in [0.2, 0.25) is 0 Å². The molecule has 1 aliphatic rings. The lowest BCUT2D eigenvalue weighted by molar-refractivity contribution is -0.146. The van der Waals surface area contributed by atoms with Gasteiger partial charge in [-0.15, -0.1) is 0 Å². The molecule has 0 aromatic rings. The Morgan fingerprint density at radius 1 is 1.50 bits per heavy atom. The molecule has 0 aromatic carbocycles. The second-order valence-corrected chi connectivity index (χ2v) is 4.50. The summed E-state index contributed by atoms with van der Waals surface area (Å²) in [4.78, 5) is 11.5. The number of ether oxygens (including phenoxy) is 2. The summed E-state index contributed by atoms with van der Waals surface area (Å²) in [5.41, 5.74) is 0. The molecule has 0 aliphatic carbocycles. The van der Waals surface area contributed by atoms with E-state index in [-0.39, 0.29) is 5.97 Å². The molecule has 2 atom stereocenters. The zero-order valence-corrected chi connectivity index (χ0v) is 10.3. The maximum atomic E-state index is 11.5. The Morgan fingerprint density at radius 3 is 2.94 bits per heavy atom. The van der Waals surface area contributed by atoms with Crippen LogP contribution in [0.1, 0.15) is 26.2 Å². The van der Waals surface area contributed by atoms with Crippen molar-refractivity contribution in [2.45, 2.75) is 26.2 Å². The molecular weight excluding hydrogens is 206 g/mol. The van der Waals surface area contributed by atoms with Gasteiger partial charge in [0.05, 0.1) is 6.61 Å². The van der Waals surface area contributed by atoms with Gasteiger partial charge >= 0.3 is 5.97 Å². The van der Waals surface area contributed by atoms with Crippen molar-refractivity contribution in [1.29, 1.82) is 0 Å². The quantitative estimate of drug-likeness (QED) is 0.549. The Bertz CT molecular complexity index is 202. The average molecular weight is 229 g/mol. The lowest BCUT2D eigenvalue weighted by Crippen LogP contribution is -2.34. The molecule has 1 heterocycles. The largest absolute Gasteiger partial charge is 0.463 e. The van der Waals surface area contributed by atoms with Crippen molar-refractivity contribution in [1.82, 2.24) is 5.32 Å². The summed E-state index contributed by atoms with van der Waals surface area (Å²) in [5.74, 6) is 0.918. The predicted molar refractivity (Wildman–Crippen MR) is 62.2 cm³/mol. The first-order chi connectivity index (χ1) is 7.74. The SMILES string of the molecule is COCCOC(=O)CC(C)C1CCCNC1. The zero-order chi connectivity index (χ0) is 11.8. The maximum Gasteiger partial charge on any atom is 0.306 e. The molecule has 2 unspecified atom stereocenters. The summed E-state index contributed by atoms with van der Waals surface area (Å²) in [6.07, 6.45) is 2.96. The molecule has 1 rings (SSSR count). The Balaban J connectivity index is 2.16. The molecule has 0 radical (unpaired) electrons. The van der Waals surface area contributed by atoms with Crippen LogP contribution >= 0.6 is 0 Å². The van der Waals surface area contributed by atoms with Crippen molar-refractivity contribution in [2.75, 3.05) is 33.4 Å². The highest BCUT2D eigenvalue weighted by molar-refractivity contribution is 5.69. The summed E-state index contributed by atoms with van der Waals surface area (Å²) >= 11 is 0. The van der Waals surface area contributed by atoms with Crippen molar-refractivity contribution in [3.63, 3.8) is 0 Å². The van der Waals surface area contributed by atoms with Crippen LogP contribution < -0.4 is 5.32 Å². The van der Waals surface area contributed by atoms with E-state index in [0.717, 1.165) is 13.1 Å². The van der Waals surface area contributed by atoms with E-state index in [4.69, 9.17) is 9.47 Å². The first-order valence-corrected chi connectivity index (χ1v) is 6.09. The van der Waals surface area contributed by atoms with Crippen molar-refractivity contribution >= 4 is 5.97 Å².